The average Bonchev–Trinajstić information content (AvgIpc) is 2.49. The molecule has 112 valence electrons. The van der Waals surface area contributed by atoms with Crippen LogP contribution in [0.25, 0.3) is 6.08 Å². The second-order valence-electron chi connectivity index (χ2n) is 4.44. The summed E-state index contributed by atoms with van der Waals surface area (Å²) in [6.07, 6.45) is 5.99. The van der Waals surface area contributed by atoms with Gasteiger partial charge in [-0.1, -0.05) is 24.8 Å². The van der Waals surface area contributed by atoms with Crippen LogP contribution >= 0.6 is 0 Å². The maximum Gasteiger partial charge on any atom is 0.330 e. The van der Waals surface area contributed by atoms with Gasteiger partial charge >= 0.3 is 5.97 Å². The highest BCUT2D eigenvalue weighted by Gasteiger charge is 1.97. The molecule has 0 aliphatic carbocycles. The van der Waals surface area contributed by atoms with Crippen LogP contribution in [0.5, 0.6) is 5.75 Å². The Morgan fingerprint density at radius 1 is 1.14 bits per heavy atom. The molecule has 0 aromatic heterocycles. The molecule has 0 bridgehead atoms. The molecule has 0 heterocycles. The van der Waals surface area contributed by atoms with Gasteiger partial charge in [-0.2, -0.15) is 0 Å². The van der Waals surface area contributed by atoms with Gasteiger partial charge in [0.2, 0.25) is 0 Å². The summed E-state index contributed by atoms with van der Waals surface area (Å²) in [6.45, 7) is 5.78. The zero-order chi connectivity index (χ0) is 15.5. The Labute approximate surface area is 125 Å². The largest absolute Gasteiger partial charge is 0.494 e. The summed E-state index contributed by atoms with van der Waals surface area (Å²) in [4.78, 5) is 21.6. The Kier molecular flexibility index (Phi) is 7.58. The lowest BCUT2D eigenvalue weighted by Gasteiger charge is -2.06. The quantitative estimate of drug-likeness (QED) is 0.398. The molecule has 0 atom stereocenters. The molecule has 1 aromatic carbocycles. The fourth-order valence-electron chi connectivity index (χ4n) is 1.51. The van der Waals surface area contributed by atoms with Gasteiger partial charge in [0.1, 0.15) is 5.75 Å². The summed E-state index contributed by atoms with van der Waals surface area (Å²) in [5.41, 5.74) is 0.953. The van der Waals surface area contributed by atoms with E-state index in [0.717, 1.165) is 30.2 Å². The molecule has 0 amide bonds. The van der Waals surface area contributed by atoms with E-state index in [4.69, 9.17) is 9.47 Å². The van der Waals surface area contributed by atoms with Crippen molar-refractivity contribution < 1.29 is 19.1 Å². The van der Waals surface area contributed by atoms with Gasteiger partial charge in [0.25, 0.3) is 0 Å². The van der Waals surface area contributed by atoms with Crippen molar-refractivity contribution in [3.63, 3.8) is 0 Å². The lowest BCUT2D eigenvalue weighted by atomic mass is 10.2. The second kappa shape index (κ2) is 9.53. The van der Waals surface area contributed by atoms with Gasteiger partial charge in [-0.15, -0.1) is 0 Å². The van der Waals surface area contributed by atoms with E-state index in [9.17, 15) is 9.59 Å². The van der Waals surface area contributed by atoms with E-state index in [1.807, 2.05) is 24.3 Å². The van der Waals surface area contributed by atoms with E-state index in [2.05, 4.69) is 6.58 Å². The van der Waals surface area contributed by atoms with E-state index in [1.165, 1.54) is 13.0 Å². The minimum atomic E-state index is -0.398. The molecular formula is C17H20O4. The third-order valence-electron chi connectivity index (χ3n) is 2.61. The van der Waals surface area contributed by atoms with Crippen molar-refractivity contribution in [2.45, 2.75) is 19.8 Å². The van der Waals surface area contributed by atoms with Crippen LogP contribution in [0.1, 0.15) is 25.3 Å². The highest BCUT2D eigenvalue weighted by molar-refractivity contribution is 5.91. The molecule has 0 radical (unpaired) electrons. The number of allylic oxidation sites excluding steroid dienone is 1. The van der Waals surface area contributed by atoms with E-state index in [1.54, 1.807) is 6.08 Å². The lowest BCUT2D eigenvalue weighted by Crippen LogP contribution is -2.04. The number of benzene rings is 1. The molecule has 4 nitrogen and oxygen atoms in total. The van der Waals surface area contributed by atoms with Crippen LogP contribution < -0.4 is 4.74 Å². The monoisotopic (exact) mass is 288 g/mol. The molecule has 0 saturated carbocycles. The zero-order valence-electron chi connectivity index (χ0n) is 12.2. The average molecular weight is 288 g/mol. The molecule has 0 aliphatic rings. The van der Waals surface area contributed by atoms with Gasteiger partial charge in [0, 0.05) is 6.08 Å². The zero-order valence-corrected chi connectivity index (χ0v) is 12.2. The molecular weight excluding hydrogens is 268 g/mol. The van der Waals surface area contributed by atoms with Crippen molar-refractivity contribution in [2.24, 2.45) is 0 Å². The molecule has 0 unspecified atom stereocenters. The van der Waals surface area contributed by atoms with Crippen LogP contribution in [0.4, 0.5) is 0 Å². The minimum Gasteiger partial charge on any atom is -0.494 e. The van der Waals surface area contributed by atoms with Crippen LogP contribution in [-0.4, -0.2) is 25.0 Å². The van der Waals surface area contributed by atoms with Gasteiger partial charge < -0.3 is 9.47 Å². The number of ketones is 1. The Morgan fingerprint density at radius 3 is 2.43 bits per heavy atom. The maximum atomic E-state index is 10.8. The van der Waals surface area contributed by atoms with Crippen molar-refractivity contribution in [1.29, 1.82) is 0 Å². The maximum absolute atomic E-state index is 10.8. The normalized spacial score (nSPS) is 10.3. The van der Waals surface area contributed by atoms with Crippen molar-refractivity contribution in [3.05, 3.63) is 48.6 Å². The van der Waals surface area contributed by atoms with Crippen molar-refractivity contribution in [1.82, 2.24) is 0 Å². The first-order chi connectivity index (χ1) is 10.1. The second-order valence-corrected chi connectivity index (χ2v) is 4.44. The first-order valence-corrected chi connectivity index (χ1v) is 6.82. The topological polar surface area (TPSA) is 52.6 Å². The summed E-state index contributed by atoms with van der Waals surface area (Å²) in [5.74, 6) is 0.399. The van der Waals surface area contributed by atoms with Crippen LogP contribution in [0.15, 0.2) is 43.0 Å². The predicted molar refractivity (Wildman–Crippen MR) is 82.0 cm³/mol. The van der Waals surface area contributed by atoms with E-state index < -0.39 is 5.97 Å². The van der Waals surface area contributed by atoms with E-state index in [-0.39, 0.29) is 5.78 Å². The first-order valence-electron chi connectivity index (χ1n) is 6.82. The van der Waals surface area contributed by atoms with Crippen molar-refractivity contribution in [3.8, 4) is 5.75 Å². The predicted octanol–water partition coefficient (Wildman–Crippen LogP) is 3.18. The summed E-state index contributed by atoms with van der Waals surface area (Å²) in [7, 11) is 0. The number of rotatable bonds is 9. The van der Waals surface area contributed by atoms with Crippen LogP contribution in [-0.2, 0) is 14.3 Å². The molecule has 0 aliphatic heterocycles. The summed E-state index contributed by atoms with van der Waals surface area (Å²) >= 11 is 0. The van der Waals surface area contributed by atoms with Gasteiger partial charge in [0.15, 0.2) is 5.78 Å². The van der Waals surface area contributed by atoms with E-state index >= 15 is 0 Å². The summed E-state index contributed by atoms with van der Waals surface area (Å²) < 4.78 is 10.4. The van der Waals surface area contributed by atoms with E-state index in [0.29, 0.717) is 13.2 Å². The SMILES string of the molecule is C=CC(=O)OCCCCOc1ccc(/C=C/C(C)=O)cc1. The molecule has 0 N–H and O–H groups in total. The number of esters is 1. The minimum absolute atomic E-state index is 0.0208. The molecule has 0 spiro atoms. The highest BCUT2D eigenvalue weighted by atomic mass is 16.5. The van der Waals surface area contributed by atoms with Gasteiger partial charge in [-0.25, -0.2) is 4.79 Å². The third kappa shape index (κ3) is 7.72. The third-order valence-corrected chi connectivity index (χ3v) is 2.61. The number of unbranched alkanes of at least 4 members (excludes halogenated alkanes) is 1. The number of ether oxygens (including phenoxy) is 2. The van der Waals surface area contributed by atoms with Crippen molar-refractivity contribution in [2.75, 3.05) is 13.2 Å². The number of hydrogen-bond donors (Lipinski definition) is 0. The standard InChI is InChI=1S/C17H20O4/c1-3-17(19)21-13-5-4-12-20-16-10-8-15(9-11-16)7-6-14(2)18/h3,6-11H,1,4-5,12-13H2,2H3/b7-6+. The fraction of sp³-hybridized carbons (Fsp3) is 0.294. The van der Waals surface area contributed by atoms with Gasteiger partial charge in [-0.3, -0.25) is 4.79 Å². The number of carbonyl (C=O) groups is 2. The molecule has 1 rings (SSSR count). The summed E-state index contributed by atoms with van der Waals surface area (Å²) in [5, 5.41) is 0. The molecule has 1 aromatic rings. The molecule has 21 heavy (non-hydrogen) atoms. The Hall–Kier alpha value is -2.36. The lowest BCUT2D eigenvalue weighted by molar-refractivity contribution is -0.137. The Balaban J connectivity index is 2.22. The number of hydrogen-bond acceptors (Lipinski definition) is 4. The molecule has 0 saturated heterocycles. The van der Waals surface area contributed by atoms with Crippen LogP contribution in [0, 0.1) is 0 Å². The Morgan fingerprint density at radius 2 is 1.81 bits per heavy atom. The first kappa shape index (κ1) is 16.7. The fourth-order valence-corrected chi connectivity index (χ4v) is 1.51. The molecule has 0 fully saturated rings. The smallest absolute Gasteiger partial charge is 0.330 e. The summed E-state index contributed by atoms with van der Waals surface area (Å²) in [6, 6.07) is 7.50. The molecule has 4 heteroatoms. The highest BCUT2D eigenvalue weighted by Crippen LogP contribution is 2.13. The van der Waals surface area contributed by atoms with Crippen molar-refractivity contribution >= 4 is 17.8 Å². The van der Waals surface area contributed by atoms with Crippen LogP contribution in [0.3, 0.4) is 0 Å². The number of carbonyl (C=O) groups excluding carboxylic acids is 2. The van der Waals surface area contributed by atoms with Gasteiger partial charge in [0.05, 0.1) is 13.2 Å². The van der Waals surface area contributed by atoms with Gasteiger partial charge in [-0.05, 0) is 43.5 Å². The van der Waals surface area contributed by atoms with Crippen LogP contribution in [0.2, 0.25) is 0 Å². The Bertz CT molecular complexity index is 500.